The number of benzene rings is 4. The van der Waals surface area contributed by atoms with Crippen molar-refractivity contribution in [2.75, 3.05) is 32.6 Å². The topological polar surface area (TPSA) is 74.2 Å². The molecule has 0 fully saturated rings. The normalized spacial score (nSPS) is 14.5. The van der Waals surface area contributed by atoms with E-state index in [0.717, 1.165) is 13.2 Å². The molecule has 1 unspecified atom stereocenters. The summed E-state index contributed by atoms with van der Waals surface area (Å²) in [5, 5.41) is 13.4. The molecule has 206 valence electrons. The molecule has 1 heterocycles. The average molecular weight is 577 g/mol. The fourth-order valence-electron chi connectivity index (χ4n) is 4.13. The Morgan fingerprint density at radius 3 is 2.08 bits per heavy atom. The number of hydrogen-bond acceptors (Lipinski definition) is 5. The molecule has 0 aromatic heterocycles. The molecule has 1 aliphatic heterocycles. The van der Waals surface area contributed by atoms with Gasteiger partial charge in [0.25, 0.3) is 5.91 Å². The molecule has 40 heavy (non-hydrogen) atoms. The van der Waals surface area contributed by atoms with Crippen molar-refractivity contribution >= 4 is 40.5 Å². The van der Waals surface area contributed by atoms with Crippen molar-refractivity contribution in [1.82, 2.24) is 4.90 Å². The van der Waals surface area contributed by atoms with Gasteiger partial charge in [-0.15, -0.1) is 0 Å². The van der Waals surface area contributed by atoms with Gasteiger partial charge >= 0.3 is 0 Å². The Kier molecular flexibility index (Phi) is 10.5. The quantitative estimate of drug-likeness (QED) is 0.265. The second kappa shape index (κ2) is 14.2. The maximum atomic E-state index is 11.8. The smallest absolute Gasteiger partial charge is 0.276 e. The van der Waals surface area contributed by atoms with Crippen molar-refractivity contribution < 1.29 is 14.6 Å². The van der Waals surface area contributed by atoms with Crippen LogP contribution in [0.15, 0.2) is 108 Å². The molecule has 4 aromatic rings. The summed E-state index contributed by atoms with van der Waals surface area (Å²) in [6, 6.07) is 32.9. The summed E-state index contributed by atoms with van der Waals surface area (Å²) in [5.41, 5.74) is 4.59. The van der Waals surface area contributed by atoms with E-state index in [-0.39, 0.29) is 6.10 Å². The van der Waals surface area contributed by atoms with Crippen LogP contribution in [0, 0.1) is 0 Å². The van der Waals surface area contributed by atoms with Gasteiger partial charge in [0.05, 0.1) is 18.0 Å². The van der Waals surface area contributed by atoms with E-state index >= 15 is 0 Å². The number of rotatable bonds is 7. The van der Waals surface area contributed by atoms with Crippen LogP contribution in [0.4, 0.5) is 5.69 Å². The summed E-state index contributed by atoms with van der Waals surface area (Å²) in [6.07, 6.45) is -1.48. The second-order valence-corrected chi connectivity index (χ2v) is 10.2. The van der Waals surface area contributed by atoms with Crippen LogP contribution < -0.4 is 5.32 Å². The van der Waals surface area contributed by atoms with E-state index in [4.69, 9.17) is 27.9 Å². The van der Waals surface area contributed by atoms with Crippen LogP contribution in [0.1, 0.15) is 28.4 Å². The number of benzodiazepines with no additional fused rings is 1. The number of ether oxygens (including phenoxy) is 1. The molecule has 1 aliphatic rings. The number of anilines is 1. The van der Waals surface area contributed by atoms with Crippen molar-refractivity contribution in [2.45, 2.75) is 12.3 Å². The zero-order valence-electron chi connectivity index (χ0n) is 22.3. The number of halogens is 2. The average Bonchev–Trinajstić information content (AvgIpc) is 3.08. The minimum Gasteiger partial charge on any atom is -0.367 e. The third kappa shape index (κ3) is 7.78. The molecule has 8 heteroatoms. The Balaban J connectivity index is 0.000000186. The number of amides is 1. The third-order valence-corrected chi connectivity index (χ3v) is 6.70. The van der Waals surface area contributed by atoms with E-state index < -0.39 is 12.1 Å². The summed E-state index contributed by atoms with van der Waals surface area (Å²) in [4.78, 5) is 18.0. The Hall–Kier alpha value is -3.52. The highest BCUT2D eigenvalue weighted by atomic mass is 35.5. The molecule has 0 aliphatic carbocycles. The van der Waals surface area contributed by atoms with Gasteiger partial charge in [-0.25, -0.2) is 4.99 Å². The number of carbonyl (C=O) groups excluding carboxylic acids is 1. The molecular formula is C32H31Cl2N3O3. The summed E-state index contributed by atoms with van der Waals surface area (Å²) in [7, 11) is 4.12. The first-order chi connectivity index (χ1) is 19.3. The molecule has 4 aromatic carbocycles. The van der Waals surface area contributed by atoms with Crippen molar-refractivity contribution in [3.8, 4) is 0 Å². The number of hydrogen-bond donors (Lipinski definition) is 2. The lowest BCUT2D eigenvalue weighted by Gasteiger charge is -2.20. The first-order valence-corrected chi connectivity index (χ1v) is 13.6. The number of aliphatic hydroxyl groups excluding tert-OH is 1. The number of nitrogens with zero attached hydrogens (tertiary/aromatic N) is 2. The van der Waals surface area contributed by atoms with Crippen LogP contribution in [-0.4, -0.2) is 55.1 Å². The number of nitrogens with one attached hydrogen (secondary N) is 1. The lowest BCUT2D eigenvalue weighted by Crippen LogP contribution is -2.24. The highest BCUT2D eigenvalue weighted by Gasteiger charge is 2.25. The van der Waals surface area contributed by atoms with E-state index in [1.54, 1.807) is 42.5 Å². The molecule has 0 saturated heterocycles. The zero-order valence-corrected chi connectivity index (χ0v) is 23.8. The number of fused-ring (bicyclic) bond motifs is 1. The van der Waals surface area contributed by atoms with Crippen LogP contribution in [0.3, 0.4) is 0 Å². The highest BCUT2D eigenvalue weighted by molar-refractivity contribution is 6.36. The van der Waals surface area contributed by atoms with E-state index in [2.05, 4.69) is 77.8 Å². The van der Waals surface area contributed by atoms with Gasteiger partial charge in [-0.1, -0.05) is 102 Å². The van der Waals surface area contributed by atoms with E-state index in [9.17, 15) is 9.90 Å². The van der Waals surface area contributed by atoms with Crippen molar-refractivity contribution in [1.29, 1.82) is 0 Å². The van der Waals surface area contributed by atoms with Gasteiger partial charge in [0, 0.05) is 27.7 Å². The van der Waals surface area contributed by atoms with Gasteiger partial charge in [-0.3, -0.25) is 4.79 Å². The molecule has 1 atom stereocenters. The maximum Gasteiger partial charge on any atom is 0.276 e. The van der Waals surface area contributed by atoms with Gasteiger partial charge in [0.1, 0.15) is 6.10 Å². The fourth-order valence-corrected chi connectivity index (χ4v) is 4.53. The van der Waals surface area contributed by atoms with Crippen LogP contribution in [0.25, 0.3) is 0 Å². The van der Waals surface area contributed by atoms with Gasteiger partial charge in [0.15, 0.2) is 0 Å². The van der Waals surface area contributed by atoms with Crippen LogP contribution in [-0.2, 0) is 9.53 Å². The molecule has 0 radical (unpaired) electrons. The van der Waals surface area contributed by atoms with Crippen LogP contribution in [0.5, 0.6) is 0 Å². The van der Waals surface area contributed by atoms with E-state index in [1.165, 1.54) is 11.1 Å². The van der Waals surface area contributed by atoms with E-state index in [0.29, 0.717) is 32.6 Å². The predicted octanol–water partition coefficient (Wildman–Crippen LogP) is 6.46. The van der Waals surface area contributed by atoms with Crippen molar-refractivity contribution in [3.63, 3.8) is 0 Å². The SMILES string of the molecule is CN(C)CCOC(c1ccccc1)c1ccccc1.O=C1Nc2ccc(Cl)cc2C(c2ccccc2Cl)=NC1O. The monoisotopic (exact) mass is 575 g/mol. The Bertz CT molecular complexity index is 1410. The first-order valence-electron chi connectivity index (χ1n) is 12.8. The molecular weight excluding hydrogens is 545 g/mol. The minimum absolute atomic E-state index is 0.0161. The maximum absolute atomic E-state index is 11.8. The fraction of sp³-hybridized carbons (Fsp3) is 0.188. The number of aliphatic hydroxyl groups is 1. The summed E-state index contributed by atoms with van der Waals surface area (Å²) in [6.45, 7) is 1.65. The van der Waals surface area contributed by atoms with Crippen molar-refractivity contribution in [3.05, 3.63) is 135 Å². The molecule has 5 rings (SSSR count). The molecule has 0 spiro atoms. The highest BCUT2D eigenvalue weighted by Crippen LogP contribution is 2.29. The van der Waals surface area contributed by atoms with E-state index in [1.807, 2.05) is 12.1 Å². The van der Waals surface area contributed by atoms with Gasteiger partial charge < -0.3 is 20.1 Å². The summed E-state index contributed by atoms with van der Waals surface area (Å²) < 4.78 is 6.08. The predicted molar refractivity (Wildman–Crippen MR) is 162 cm³/mol. The molecule has 2 N–H and O–H groups in total. The van der Waals surface area contributed by atoms with Crippen LogP contribution >= 0.6 is 23.2 Å². The summed E-state index contributed by atoms with van der Waals surface area (Å²) in [5.74, 6) is -0.597. The Morgan fingerprint density at radius 1 is 0.875 bits per heavy atom. The van der Waals surface area contributed by atoms with Gasteiger partial charge in [-0.2, -0.15) is 0 Å². The number of likely N-dealkylation sites (N-methyl/N-ethyl adjacent to an activating group) is 1. The Labute approximate surface area is 244 Å². The number of carbonyl (C=O) groups is 1. The lowest BCUT2D eigenvalue weighted by molar-refractivity contribution is -0.123. The largest absolute Gasteiger partial charge is 0.367 e. The van der Waals surface area contributed by atoms with Crippen molar-refractivity contribution in [2.24, 2.45) is 4.99 Å². The number of aliphatic imine (C=N–C) groups is 1. The minimum atomic E-state index is -1.50. The van der Waals surface area contributed by atoms with Gasteiger partial charge in [-0.05, 0) is 49.5 Å². The molecule has 6 nitrogen and oxygen atoms in total. The molecule has 1 amide bonds. The lowest BCUT2D eigenvalue weighted by atomic mass is 10.0. The zero-order chi connectivity index (χ0) is 28.5. The van der Waals surface area contributed by atoms with Crippen LogP contribution in [0.2, 0.25) is 10.0 Å². The standard InChI is InChI=1S/C17H21NO.C15H10Cl2N2O2/c1-18(2)13-14-19-17(15-9-5-3-6-10-15)16-11-7-4-8-12-16;16-8-5-6-12-10(7-8)13(19-15(21)14(20)18-12)9-3-1-2-4-11(9)17/h3-12,17H,13-14H2,1-2H3;1-7,15,21H,(H,18,20). The first kappa shape index (κ1) is 29.5. The Morgan fingerprint density at radius 2 is 1.48 bits per heavy atom. The third-order valence-electron chi connectivity index (χ3n) is 6.14. The molecule has 0 bridgehead atoms. The summed E-state index contributed by atoms with van der Waals surface area (Å²) >= 11 is 12.2. The van der Waals surface area contributed by atoms with Gasteiger partial charge in [0.2, 0.25) is 6.23 Å². The molecule has 0 saturated carbocycles. The second-order valence-electron chi connectivity index (χ2n) is 9.39.